The zero-order valence-corrected chi connectivity index (χ0v) is 30.1. The summed E-state index contributed by atoms with van der Waals surface area (Å²) in [5.41, 5.74) is 7.16. The van der Waals surface area contributed by atoms with Crippen LogP contribution in [0.5, 0.6) is 0 Å². The van der Waals surface area contributed by atoms with Gasteiger partial charge in [-0.2, -0.15) is 0 Å². The Labute approximate surface area is 333 Å². The summed E-state index contributed by atoms with van der Waals surface area (Å²) in [6.07, 6.45) is 0. The van der Waals surface area contributed by atoms with Crippen LogP contribution in [0, 0.1) is 0 Å². The molecule has 7 aromatic carbocycles. The number of benzene rings is 7. The van der Waals surface area contributed by atoms with Crippen molar-refractivity contribution in [3.63, 3.8) is 0 Å². The third-order valence-electron chi connectivity index (χ3n) is 10.9. The maximum absolute atomic E-state index is 7.10. The van der Waals surface area contributed by atoms with Gasteiger partial charge in [0.1, 0.15) is 63.8 Å². The lowest BCUT2D eigenvalue weighted by Crippen LogP contribution is -2.42. The number of aromatic nitrogens is 4. The fourth-order valence-electron chi connectivity index (χ4n) is 8.18. The molecule has 0 aliphatic rings. The van der Waals surface area contributed by atoms with Crippen LogP contribution in [-0.4, -0.2) is 66.6 Å². The van der Waals surface area contributed by atoms with Crippen molar-refractivity contribution in [3.8, 4) is 39.9 Å². The maximum Gasteiger partial charge on any atom is 0.164 e. The summed E-state index contributed by atoms with van der Waals surface area (Å²) < 4.78 is 15.0. The van der Waals surface area contributed by atoms with E-state index in [9.17, 15) is 0 Å². The van der Waals surface area contributed by atoms with Gasteiger partial charge in [0, 0.05) is 49.0 Å². The summed E-state index contributed by atoms with van der Waals surface area (Å²) in [5.74, 6) is 0.977. The van der Waals surface area contributed by atoms with Crippen LogP contribution in [0.3, 0.4) is 0 Å². The third-order valence-corrected chi connectivity index (χ3v) is 10.9. The van der Waals surface area contributed by atoms with Crippen molar-refractivity contribution in [2.45, 2.75) is 0 Å². The lowest BCUT2D eigenvalue weighted by atomic mass is 9.67. The number of fused-ring (bicyclic) bond motifs is 9. The molecule has 0 unspecified atom stereocenters. The first-order chi connectivity index (χ1) is 27.8. The summed E-state index contributed by atoms with van der Waals surface area (Å²) in [7, 11) is 41.4. The highest BCUT2D eigenvalue weighted by Crippen LogP contribution is 2.37. The smallest absolute Gasteiger partial charge is 0.164 e. The summed E-state index contributed by atoms with van der Waals surface area (Å²) in [6.45, 7) is 0. The molecule has 6 nitrogen and oxygen atoms in total. The molecule has 0 bridgehead atoms. The molecule has 0 aliphatic heterocycles. The fourth-order valence-corrected chi connectivity index (χ4v) is 8.18. The summed E-state index contributed by atoms with van der Waals surface area (Å²) in [4.78, 5) is 14.8. The first-order valence-corrected chi connectivity index (χ1v) is 18.2. The zero-order chi connectivity index (χ0) is 38.7. The van der Waals surface area contributed by atoms with E-state index in [1.807, 2.05) is 114 Å². The van der Waals surface area contributed by atoms with Crippen LogP contribution < -0.4 is 32.8 Å². The average molecular weight is 714 g/mol. The molecule has 0 amide bonds. The fraction of sp³-hybridized carbons (Fsp3) is 0. The van der Waals surface area contributed by atoms with Crippen LogP contribution in [0.15, 0.2) is 130 Å². The van der Waals surface area contributed by atoms with Crippen LogP contribution in [0.1, 0.15) is 0 Å². The Balaban J connectivity index is 1.19. The predicted molar refractivity (Wildman–Crippen MR) is 237 cm³/mol. The topological polar surface area (TPSA) is 69.9 Å². The standard InChI is InChI=1S/C45H20B6N4O2/c46-34-31-32-35(47)38(50)39(51)40(55-27-15-7-4-12-23(27)24-13-5-8-16-28(24)55)42(32)57-41(31)37(49)33(36(34)48)45-53-43(21-10-2-1-3-11-21)52-44(54-45)22-18-19-26-25-14-6-9-17-29(25)56-30(26)20-22/h1-20H. The van der Waals surface area contributed by atoms with Crippen LogP contribution in [0.2, 0.25) is 0 Å². The summed E-state index contributed by atoms with van der Waals surface area (Å²) in [5, 5.41) is 4.89. The second-order valence-corrected chi connectivity index (χ2v) is 14.1. The van der Waals surface area contributed by atoms with Gasteiger partial charge in [0.05, 0.1) is 16.7 Å². The van der Waals surface area contributed by atoms with Gasteiger partial charge in [-0.1, -0.05) is 113 Å². The molecule has 4 heterocycles. The van der Waals surface area contributed by atoms with Crippen molar-refractivity contribution >= 4 is 146 Å². The van der Waals surface area contributed by atoms with E-state index in [-0.39, 0.29) is 49.7 Å². The van der Waals surface area contributed by atoms with Gasteiger partial charge in [-0.05, 0) is 35.8 Å². The molecule has 11 aromatic rings. The van der Waals surface area contributed by atoms with E-state index in [1.54, 1.807) is 0 Å². The Hall–Kier alpha value is -6.66. The number of hydrogen-bond donors (Lipinski definition) is 0. The van der Waals surface area contributed by atoms with Crippen molar-refractivity contribution < 1.29 is 8.83 Å². The van der Waals surface area contributed by atoms with Crippen LogP contribution in [0.4, 0.5) is 0 Å². The second kappa shape index (κ2) is 12.4. The first-order valence-electron chi connectivity index (χ1n) is 18.2. The van der Waals surface area contributed by atoms with Crippen molar-refractivity contribution in [1.82, 2.24) is 19.5 Å². The normalized spacial score (nSPS) is 11.9. The third kappa shape index (κ3) is 4.83. The van der Waals surface area contributed by atoms with Gasteiger partial charge < -0.3 is 13.4 Å². The molecule has 12 heteroatoms. The molecule has 12 radical (unpaired) electrons. The average Bonchev–Trinajstić information content (AvgIpc) is 3.93. The summed E-state index contributed by atoms with van der Waals surface area (Å²) >= 11 is 0. The molecule has 0 atom stereocenters. The van der Waals surface area contributed by atoms with Gasteiger partial charge in [0.15, 0.2) is 23.1 Å². The van der Waals surface area contributed by atoms with Gasteiger partial charge in [-0.3, -0.25) is 0 Å². The highest BCUT2D eigenvalue weighted by Gasteiger charge is 2.27. The Morgan fingerprint density at radius 2 is 0.965 bits per heavy atom. The van der Waals surface area contributed by atoms with Gasteiger partial charge in [0.25, 0.3) is 0 Å². The molecule has 0 saturated carbocycles. The monoisotopic (exact) mass is 714 g/mol. The van der Waals surface area contributed by atoms with Crippen molar-refractivity contribution in [2.24, 2.45) is 0 Å². The minimum atomic E-state index is 0.139. The lowest BCUT2D eigenvalue weighted by molar-refractivity contribution is 0.669. The number of furan rings is 2. The molecular formula is C45H20B6N4O2. The molecule has 4 aromatic heterocycles. The van der Waals surface area contributed by atoms with Crippen LogP contribution in [0.25, 0.3) is 106 Å². The molecule has 57 heavy (non-hydrogen) atoms. The molecule has 250 valence electrons. The number of hydrogen-bond acceptors (Lipinski definition) is 5. The van der Waals surface area contributed by atoms with E-state index in [0.29, 0.717) is 44.8 Å². The Bertz CT molecular complexity index is 3450. The van der Waals surface area contributed by atoms with Gasteiger partial charge in [-0.15, -0.1) is 5.46 Å². The van der Waals surface area contributed by atoms with Crippen LogP contribution >= 0.6 is 0 Å². The first kappa shape index (κ1) is 33.7. The van der Waals surface area contributed by atoms with E-state index in [4.69, 9.17) is 70.9 Å². The van der Waals surface area contributed by atoms with E-state index in [0.717, 1.165) is 43.7 Å². The molecule has 0 spiro atoms. The van der Waals surface area contributed by atoms with Crippen molar-refractivity contribution in [2.75, 3.05) is 0 Å². The Morgan fingerprint density at radius 1 is 0.404 bits per heavy atom. The van der Waals surface area contributed by atoms with Gasteiger partial charge >= 0.3 is 0 Å². The SMILES string of the molecule is [B]c1c([B])c([B])c2c(oc3c([B])c(-c4nc(-c5ccccc5)nc(-c5ccc6c(c5)oc5ccccc56)n4)c([B])c([B])c32)c1-n1c2ccccc2c2ccccc21. The summed E-state index contributed by atoms with van der Waals surface area (Å²) in [6, 6.07) is 39.4. The second-order valence-electron chi connectivity index (χ2n) is 14.1. The Morgan fingerprint density at radius 3 is 1.68 bits per heavy atom. The van der Waals surface area contributed by atoms with E-state index in [2.05, 4.69) is 12.1 Å². The molecule has 0 aliphatic carbocycles. The number of rotatable bonds is 4. The maximum atomic E-state index is 7.10. The van der Waals surface area contributed by atoms with E-state index in [1.165, 1.54) is 0 Å². The number of nitrogens with zero attached hydrogens (tertiary/aromatic N) is 4. The molecular weight excluding hydrogens is 693 g/mol. The largest absolute Gasteiger partial charge is 0.456 e. The van der Waals surface area contributed by atoms with Crippen molar-refractivity contribution in [1.29, 1.82) is 0 Å². The minimum Gasteiger partial charge on any atom is -0.456 e. The van der Waals surface area contributed by atoms with Crippen LogP contribution in [-0.2, 0) is 0 Å². The zero-order valence-electron chi connectivity index (χ0n) is 30.1. The quantitative estimate of drug-likeness (QED) is 0.251. The molecule has 0 saturated heterocycles. The highest BCUT2D eigenvalue weighted by atomic mass is 16.3. The van der Waals surface area contributed by atoms with E-state index < -0.39 is 0 Å². The Kier molecular flexibility index (Phi) is 7.34. The van der Waals surface area contributed by atoms with Crippen molar-refractivity contribution in [3.05, 3.63) is 121 Å². The van der Waals surface area contributed by atoms with E-state index >= 15 is 0 Å². The predicted octanol–water partition coefficient (Wildman–Crippen LogP) is 4.53. The van der Waals surface area contributed by atoms with Gasteiger partial charge in [0.2, 0.25) is 0 Å². The number of para-hydroxylation sites is 3. The highest BCUT2D eigenvalue weighted by molar-refractivity contribution is 6.65. The molecule has 11 rings (SSSR count). The molecule has 0 N–H and O–H groups in total. The molecule has 0 fully saturated rings. The van der Waals surface area contributed by atoms with Gasteiger partial charge in [-0.25, -0.2) is 15.0 Å². The minimum absolute atomic E-state index is 0.139. The lowest BCUT2D eigenvalue weighted by Gasteiger charge is -2.18.